The van der Waals surface area contributed by atoms with Gasteiger partial charge in [0, 0.05) is 32.7 Å². The van der Waals surface area contributed by atoms with Gasteiger partial charge in [0.25, 0.3) is 0 Å². The third kappa shape index (κ3) is 3.18. The summed E-state index contributed by atoms with van der Waals surface area (Å²) in [6.07, 6.45) is 0. The quantitative estimate of drug-likeness (QED) is 0.375. The molecule has 1 rings (SSSR count). The van der Waals surface area contributed by atoms with Gasteiger partial charge in [-0.05, 0) is 0 Å². The molecule has 39 valence electrons. The second kappa shape index (κ2) is 3.56. The Labute approximate surface area is 69.1 Å². The third-order valence-corrected chi connectivity index (χ3v) is 0.575. The van der Waals surface area contributed by atoms with Crippen LogP contribution in [-0.2, 0) is 37.5 Å². The van der Waals surface area contributed by atoms with Gasteiger partial charge in [0.15, 0.2) is 0 Å². The molecular weight excluding hydrogens is 167 g/mol. The van der Waals surface area contributed by atoms with E-state index in [0.29, 0.717) is 6.54 Å². The molecule has 0 saturated carbocycles. The minimum absolute atomic E-state index is 0. The summed E-state index contributed by atoms with van der Waals surface area (Å²) in [5, 5.41) is 0. The Balaban J connectivity index is 0. The zero-order valence-electron chi connectivity index (χ0n) is 4.35. The molecule has 0 atom stereocenters. The number of hydrogen-bond acceptors (Lipinski definition) is 1. The van der Waals surface area contributed by atoms with Gasteiger partial charge >= 0.3 is 0 Å². The van der Waals surface area contributed by atoms with E-state index in [1.165, 1.54) is 4.90 Å². The van der Waals surface area contributed by atoms with Crippen LogP contribution in [0.4, 0.5) is 0 Å². The first-order valence-corrected chi connectivity index (χ1v) is 1.41. The number of carbonyl (C=O) groups excluding carboxylic acids is 1. The molecule has 0 unspecified atom stereocenters. The van der Waals surface area contributed by atoms with Crippen LogP contribution in [0.5, 0.6) is 0 Å². The van der Waals surface area contributed by atoms with E-state index < -0.39 is 0 Å². The van der Waals surface area contributed by atoms with Crippen molar-refractivity contribution in [1.82, 2.24) is 4.90 Å². The Bertz CT molecular complexity index is 74.1. The normalized spacial score (nSPS) is 14.4. The second-order valence-electron chi connectivity index (χ2n) is 1.09. The molecule has 1 heterocycles. The number of nitrogens with zero attached hydrogens (tertiary/aromatic N) is 1. The Morgan fingerprint density at radius 2 is 1.86 bits per heavy atom. The molecule has 0 aromatic rings. The number of carbonyl (C=O) groups is 1. The largest absolute Gasteiger partial charge is 0.487 e. The van der Waals surface area contributed by atoms with Gasteiger partial charge in [-0.3, -0.25) is 11.8 Å². The summed E-state index contributed by atoms with van der Waals surface area (Å²) in [5.74, 6) is 0.144. The van der Waals surface area contributed by atoms with E-state index in [-0.39, 0.29) is 46.0 Å². The van der Waals surface area contributed by atoms with Gasteiger partial charge in [-0.2, -0.15) is 0 Å². The number of rotatable bonds is 0. The minimum Gasteiger partial charge on any atom is -0.487 e. The van der Waals surface area contributed by atoms with Crippen LogP contribution in [0.2, 0.25) is 0 Å². The summed E-state index contributed by atoms with van der Waals surface area (Å²) in [6.45, 7) is 0.556. The van der Waals surface area contributed by atoms with Crippen molar-refractivity contribution in [2.24, 2.45) is 0 Å². The maximum Gasteiger partial charge on any atom is 0.210 e. The number of amides is 1. The molecule has 0 bridgehead atoms. The molecule has 0 N–H and O–H groups in total. The molecule has 1 aliphatic rings. The van der Waals surface area contributed by atoms with Crippen molar-refractivity contribution in [2.75, 3.05) is 6.54 Å². The zero-order valence-corrected chi connectivity index (χ0v) is 7.19. The first kappa shape index (κ1) is 10.5. The van der Waals surface area contributed by atoms with Crippen LogP contribution in [0.3, 0.4) is 0 Å². The van der Waals surface area contributed by atoms with Gasteiger partial charge < -0.3 is 12.3 Å². The van der Waals surface area contributed by atoms with E-state index in [4.69, 9.17) is 0 Å². The molecule has 1 aliphatic heterocycles. The van der Waals surface area contributed by atoms with E-state index in [1.807, 2.05) is 0 Å². The van der Waals surface area contributed by atoms with Crippen molar-refractivity contribution in [3.63, 3.8) is 0 Å². The van der Waals surface area contributed by atoms with Crippen molar-refractivity contribution < 1.29 is 37.5 Å². The predicted molar refractivity (Wildman–Crippen MR) is 23.5 cm³/mol. The van der Waals surface area contributed by atoms with Gasteiger partial charge in [0.2, 0.25) is 5.91 Å². The fourth-order valence-electron chi connectivity index (χ4n) is 0.128. The Morgan fingerprint density at radius 1 is 1.71 bits per heavy atom. The van der Waals surface area contributed by atoms with E-state index in [1.54, 1.807) is 0 Å². The molecule has 2 nitrogen and oxygen atoms in total. The average molecular weight is 174 g/mol. The van der Waals surface area contributed by atoms with Crippen molar-refractivity contribution in [3.05, 3.63) is 14.5 Å². The minimum atomic E-state index is 0. The standard InChI is InChI=1S/C3H4NO.CH3.Y/c1-4-2-3(4)5;;/h1-2H2;1H3;/q2*-1;. The maximum atomic E-state index is 9.75. The summed E-state index contributed by atoms with van der Waals surface area (Å²) < 4.78 is 0. The van der Waals surface area contributed by atoms with Gasteiger partial charge in [0.1, 0.15) is 0 Å². The first-order chi connectivity index (χ1) is 2.30. The van der Waals surface area contributed by atoms with Crippen LogP contribution >= 0.6 is 0 Å². The van der Waals surface area contributed by atoms with Gasteiger partial charge in [-0.15, -0.1) is 0 Å². The van der Waals surface area contributed by atoms with Crippen LogP contribution in [0.15, 0.2) is 0 Å². The van der Waals surface area contributed by atoms with Gasteiger partial charge in [0.05, 0.1) is 6.54 Å². The summed E-state index contributed by atoms with van der Waals surface area (Å²) >= 11 is 0. The molecule has 1 radical (unpaired) electrons. The average Bonchev–Trinajstić information content (AvgIpc) is 1.79. The molecule has 1 amide bonds. The van der Waals surface area contributed by atoms with Gasteiger partial charge in [-0.1, -0.05) is 0 Å². The Kier molecular flexibility index (Phi) is 5.36. The zero-order chi connectivity index (χ0) is 3.86. The topological polar surface area (TPSA) is 20.1 Å². The molecule has 1 saturated heterocycles. The van der Waals surface area contributed by atoms with Crippen molar-refractivity contribution in [1.29, 1.82) is 0 Å². The predicted octanol–water partition coefficient (Wildman–Crippen LogP) is 0.0680. The van der Waals surface area contributed by atoms with E-state index in [9.17, 15) is 4.79 Å². The molecule has 0 spiro atoms. The molecule has 1 fully saturated rings. The van der Waals surface area contributed by atoms with Crippen LogP contribution < -0.4 is 0 Å². The smallest absolute Gasteiger partial charge is 0.210 e. The Morgan fingerprint density at radius 3 is 1.86 bits per heavy atom. The summed E-state index contributed by atoms with van der Waals surface area (Å²) in [6, 6.07) is 0. The van der Waals surface area contributed by atoms with Gasteiger partial charge in [-0.25, -0.2) is 0 Å². The Hall–Kier alpha value is 0.574. The SMILES string of the molecule is [CH2-]N1CC1=O.[CH3-].[Y]. The van der Waals surface area contributed by atoms with Crippen LogP contribution in [0.1, 0.15) is 0 Å². The second-order valence-corrected chi connectivity index (χ2v) is 1.09. The van der Waals surface area contributed by atoms with Crippen molar-refractivity contribution >= 4 is 5.91 Å². The molecular formula is C4H7NOY-2. The fraction of sp³-hybridized carbons (Fsp3) is 0.250. The monoisotopic (exact) mass is 174 g/mol. The molecule has 0 aliphatic carbocycles. The van der Waals surface area contributed by atoms with E-state index in [0.717, 1.165) is 0 Å². The van der Waals surface area contributed by atoms with E-state index in [2.05, 4.69) is 7.05 Å². The van der Waals surface area contributed by atoms with Crippen LogP contribution in [0, 0.1) is 14.5 Å². The summed E-state index contributed by atoms with van der Waals surface area (Å²) in [4.78, 5) is 11.2. The first-order valence-electron chi connectivity index (χ1n) is 1.41. The van der Waals surface area contributed by atoms with Crippen LogP contribution in [0.25, 0.3) is 0 Å². The third-order valence-electron chi connectivity index (χ3n) is 0.575. The molecule has 0 aromatic carbocycles. The maximum absolute atomic E-state index is 9.75. The fourth-order valence-corrected chi connectivity index (χ4v) is 0.128. The van der Waals surface area contributed by atoms with Crippen LogP contribution in [-0.4, -0.2) is 17.4 Å². The molecule has 7 heavy (non-hydrogen) atoms. The summed E-state index contributed by atoms with van der Waals surface area (Å²) in [5.41, 5.74) is 0. The van der Waals surface area contributed by atoms with E-state index >= 15 is 0 Å². The van der Waals surface area contributed by atoms with Crippen molar-refractivity contribution in [3.8, 4) is 0 Å². The van der Waals surface area contributed by atoms with Crippen molar-refractivity contribution in [2.45, 2.75) is 0 Å². The molecule has 0 aromatic heterocycles. The number of hydrogen-bond donors (Lipinski definition) is 0. The summed E-state index contributed by atoms with van der Waals surface area (Å²) in [7, 11) is 3.31. The molecule has 3 heteroatoms.